The Morgan fingerprint density at radius 3 is 2.42 bits per heavy atom. The molecule has 0 saturated carbocycles. The SMILES string of the molecule is CCN1C(=O)C(C)(C)OCC1c1cc(F)cc(F)c1. The highest BCUT2D eigenvalue weighted by Gasteiger charge is 2.41. The van der Waals surface area contributed by atoms with Gasteiger partial charge >= 0.3 is 0 Å². The van der Waals surface area contributed by atoms with Crippen LogP contribution in [0.1, 0.15) is 32.4 Å². The first-order valence-corrected chi connectivity index (χ1v) is 6.26. The molecule has 2 rings (SSSR count). The summed E-state index contributed by atoms with van der Waals surface area (Å²) in [4.78, 5) is 13.8. The molecule has 0 N–H and O–H groups in total. The smallest absolute Gasteiger partial charge is 0.254 e. The van der Waals surface area contributed by atoms with Gasteiger partial charge in [-0.2, -0.15) is 0 Å². The van der Waals surface area contributed by atoms with E-state index in [9.17, 15) is 13.6 Å². The fraction of sp³-hybridized carbons (Fsp3) is 0.500. The summed E-state index contributed by atoms with van der Waals surface area (Å²) in [6, 6.07) is 2.85. The molecule has 3 nitrogen and oxygen atoms in total. The van der Waals surface area contributed by atoms with Crippen LogP contribution in [0.5, 0.6) is 0 Å². The molecule has 0 aromatic heterocycles. The third-order valence-corrected chi connectivity index (χ3v) is 3.36. The van der Waals surface area contributed by atoms with Gasteiger partial charge in [-0.1, -0.05) is 0 Å². The van der Waals surface area contributed by atoms with Gasteiger partial charge in [0.25, 0.3) is 5.91 Å². The Hall–Kier alpha value is -1.49. The Balaban J connectivity index is 2.36. The van der Waals surface area contributed by atoms with Gasteiger partial charge in [-0.15, -0.1) is 0 Å². The molecule has 1 aromatic rings. The highest BCUT2D eigenvalue weighted by atomic mass is 19.1. The van der Waals surface area contributed by atoms with Crippen molar-refractivity contribution >= 4 is 5.91 Å². The third kappa shape index (κ3) is 2.61. The molecule has 19 heavy (non-hydrogen) atoms. The van der Waals surface area contributed by atoms with Crippen molar-refractivity contribution in [3.8, 4) is 0 Å². The van der Waals surface area contributed by atoms with E-state index in [0.29, 0.717) is 12.1 Å². The lowest BCUT2D eigenvalue weighted by atomic mass is 9.98. The van der Waals surface area contributed by atoms with E-state index in [1.165, 1.54) is 12.1 Å². The second-order valence-corrected chi connectivity index (χ2v) is 5.13. The molecule has 1 aliphatic rings. The molecule has 1 fully saturated rings. The van der Waals surface area contributed by atoms with Crippen molar-refractivity contribution in [2.75, 3.05) is 13.2 Å². The molecular formula is C14H17F2NO2. The summed E-state index contributed by atoms with van der Waals surface area (Å²) >= 11 is 0. The van der Waals surface area contributed by atoms with Gasteiger partial charge in [0.15, 0.2) is 0 Å². The lowest BCUT2D eigenvalue weighted by Gasteiger charge is -2.42. The summed E-state index contributed by atoms with van der Waals surface area (Å²) in [5.41, 5.74) is -0.471. The summed E-state index contributed by atoms with van der Waals surface area (Å²) in [5, 5.41) is 0. The van der Waals surface area contributed by atoms with E-state index in [-0.39, 0.29) is 12.5 Å². The van der Waals surface area contributed by atoms with Crippen molar-refractivity contribution in [3.63, 3.8) is 0 Å². The van der Waals surface area contributed by atoms with Crippen molar-refractivity contribution in [1.29, 1.82) is 0 Å². The van der Waals surface area contributed by atoms with Gasteiger partial charge < -0.3 is 9.64 Å². The number of benzene rings is 1. The van der Waals surface area contributed by atoms with E-state index in [4.69, 9.17) is 4.74 Å². The van der Waals surface area contributed by atoms with Crippen LogP contribution in [0.2, 0.25) is 0 Å². The molecule has 1 amide bonds. The van der Waals surface area contributed by atoms with Crippen LogP contribution >= 0.6 is 0 Å². The van der Waals surface area contributed by atoms with Gasteiger partial charge in [-0.05, 0) is 38.5 Å². The molecule has 0 bridgehead atoms. The number of hydrogen-bond donors (Lipinski definition) is 0. The number of rotatable bonds is 2. The van der Waals surface area contributed by atoms with E-state index >= 15 is 0 Å². The lowest BCUT2D eigenvalue weighted by Crippen LogP contribution is -2.54. The van der Waals surface area contributed by atoms with E-state index < -0.39 is 23.3 Å². The maximum absolute atomic E-state index is 13.3. The van der Waals surface area contributed by atoms with Crippen LogP contribution in [-0.2, 0) is 9.53 Å². The maximum Gasteiger partial charge on any atom is 0.254 e. The number of hydrogen-bond acceptors (Lipinski definition) is 2. The average molecular weight is 269 g/mol. The quantitative estimate of drug-likeness (QED) is 0.826. The Bertz CT molecular complexity index is 482. The lowest BCUT2D eigenvalue weighted by molar-refractivity contribution is -0.174. The minimum Gasteiger partial charge on any atom is -0.363 e. The Kier molecular flexibility index (Phi) is 3.58. The van der Waals surface area contributed by atoms with Crippen molar-refractivity contribution in [3.05, 3.63) is 35.4 Å². The molecule has 0 spiro atoms. The minimum absolute atomic E-state index is 0.170. The van der Waals surface area contributed by atoms with E-state index in [2.05, 4.69) is 0 Å². The van der Waals surface area contributed by atoms with Crippen molar-refractivity contribution in [2.24, 2.45) is 0 Å². The minimum atomic E-state index is -0.890. The van der Waals surface area contributed by atoms with Gasteiger partial charge in [0.2, 0.25) is 0 Å². The topological polar surface area (TPSA) is 29.5 Å². The zero-order valence-electron chi connectivity index (χ0n) is 11.2. The molecule has 1 unspecified atom stereocenters. The number of carbonyl (C=O) groups is 1. The Morgan fingerprint density at radius 2 is 1.89 bits per heavy atom. The maximum atomic E-state index is 13.3. The number of morpholine rings is 1. The van der Waals surface area contributed by atoms with Crippen LogP contribution in [-0.4, -0.2) is 29.6 Å². The zero-order valence-corrected chi connectivity index (χ0v) is 11.2. The van der Waals surface area contributed by atoms with Crippen LogP contribution in [0.3, 0.4) is 0 Å². The van der Waals surface area contributed by atoms with Crippen LogP contribution in [0.25, 0.3) is 0 Å². The van der Waals surface area contributed by atoms with Gasteiger partial charge in [0.1, 0.15) is 17.2 Å². The summed E-state index contributed by atoms with van der Waals surface area (Å²) in [5.74, 6) is -1.47. The highest BCUT2D eigenvalue weighted by Crippen LogP contribution is 2.32. The predicted octanol–water partition coefficient (Wildman–Crippen LogP) is 2.66. The Morgan fingerprint density at radius 1 is 1.32 bits per heavy atom. The van der Waals surface area contributed by atoms with E-state index in [0.717, 1.165) is 6.07 Å². The summed E-state index contributed by atoms with van der Waals surface area (Å²) in [6.45, 7) is 5.92. The van der Waals surface area contributed by atoms with Crippen LogP contribution in [0.4, 0.5) is 8.78 Å². The van der Waals surface area contributed by atoms with Crippen LogP contribution < -0.4 is 0 Å². The van der Waals surface area contributed by atoms with Crippen LogP contribution in [0, 0.1) is 11.6 Å². The molecule has 5 heteroatoms. The van der Waals surface area contributed by atoms with Crippen molar-refractivity contribution in [1.82, 2.24) is 4.90 Å². The first kappa shape index (κ1) is 13.9. The zero-order chi connectivity index (χ0) is 14.2. The van der Waals surface area contributed by atoms with Crippen molar-refractivity contribution < 1.29 is 18.3 Å². The summed E-state index contributed by atoms with van der Waals surface area (Å²) in [7, 11) is 0. The standard InChI is InChI=1S/C14H17F2NO2/c1-4-17-12(8-19-14(2,3)13(17)18)9-5-10(15)7-11(16)6-9/h5-7,12H,4,8H2,1-3H3. The first-order chi connectivity index (χ1) is 8.85. The molecule has 0 radical (unpaired) electrons. The molecule has 1 aromatic carbocycles. The molecule has 1 heterocycles. The molecular weight excluding hydrogens is 252 g/mol. The van der Waals surface area contributed by atoms with Gasteiger partial charge in [0, 0.05) is 12.6 Å². The fourth-order valence-electron chi connectivity index (χ4n) is 2.33. The second kappa shape index (κ2) is 4.89. The number of nitrogens with zero attached hydrogens (tertiary/aromatic N) is 1. The third-order valence-electron chi connectivity index (χ3n) is 3.36. The molecule has 0 aliphatic carbocycles. The average Bonchev–Trinajstić information content (AvgIpc) is 2.31. The number of likely N-dealkylation sites (N-methyl/N-ethyl adjacent to an activating group) is 1. The van der Waals surface area contributed by atoms with Crippen LogP contribution in [0.15, 0.2) is 18.2 Å². The highest BCUT2D eigenvalue weighted by molar-refractivity contribution is 5.85. The largest absolute Gasteiger partial charge is 0.363 e. The van der Waals surface area contributed by atoms with Crippen molar-refractivity contribution in [2.45, 2.75) is 32.4 Å². The number of ether oxygens (including phenoxy) is 1. The van der Waals surface area contributed by atoms with Gasteiger partial charge in [0.05, 0.1) is 12.6 Å². The van der Waals surface area contributed by atoms with Gasteiger partial charge in [-0.3, -0.25) is 4.79 Å². The molecule has 104 valence electrons. The fourth-order valence-corrected chi connectivity index (χ4v) is 2.33. The van der Waals surface area contributed by atoms with E-state index in [1.54, 1.807) is 18.7 Å². The summed E-state index contributed by atoms with van der Waals surface area (Å²) in [6.07, 6.45) is 0. The van der Waals surface area contributed by atoms with Gasteiger partial charge in [-0.25, -0.2) is 8.78 Å². The second-order valence-electron chi connectivity index (χ2n) is 5.13. The predicted molar refractivity (Wildman–Crippen MR) is 66.5 cm³/mol. The van der Waals surface area contributed by atoms with E-state index in [1.807, 2.05) is 6.92 Å². The summed E-state index contributed by atoms with van der Waals surface area (Å²) < 4.78 is 32.1. The Labute approximate surface area is 111 Å². The monoisotopic (exact) mass is 269 g/mol. The molecule has 1 aliphatic heterocycles. The number of halogens is 2. The molecule has 1 saturated heterocycles. The first-order valence-electron chi connectivity index (χ1n) is 6.26. The molecule has 1 atom stereocenters. The number of carbonyl (C=O) groups excluding carboxylic acids is 1. The normalized spacial score (nSPS) is 22.7. The number of amides is 1.